The van der Waals surface area contributed by atoms with E-state index in [1.54, 1.807) is 0 Å². The topological polar surface area (TPSA) is 71.3 Å². The Labute approximate surface area is 184 Å². The molecular formula is C23H25BrN4O2. The van der Waals surface area contributed by atoms with E-state index in [0.717, 1.165) is 35.0 Å². The first-order valence-electron chi connectivity index (χ1n) is 10.2. The van der Waals surface area contributed by atoms with E-state index in [4.69, 9.17) is 4.52 Å². The van der Waals surface area contributed by atoms with Gasteiger partial charge in [-0.15, -0.1) is 0 Å². The number of aromatic nitrogens is 2. The van der Waals surface area contributed by atoms with Crippen LogP contribution in [0.2, 0.25) is 0 Å². The molecule has 1 aromatic heterocycles. The molecule has 156 valence electrons. The third kappa shape index (κ3) is 5.15. The summed E-state index contributed by atoms with van der Waals surface area (Å²) in [5.41, 5.74) is 2.03. The molecule has 0 bridgehead atoms. The van der Waals surface area contributed by atoms with Crippen LogP contribution in [0.3, 0.4) is 0 Å². The summed E-state index contributed by atoms with van der Waals surface area (Å²) in [7, 11) is 0. The Morgan fingerprint density at radius 2 is 2.00 bits per heavy atom. The van der Waals surface area contributed by atoms with Crippen molar-refractivity contribution >= 4 is 21.8 Å². The van der Waals surface area contributed by atoms with Gasteiger partial charge in [0.1, 0.15) is 0 Å². The van der Waals surface area contributed by atoms with E-state index in [9.17, 15) is 4.79 Å². The molecule has 0 spiro atoms. The van der Waals surface area contributed by atoms with Gasteiger partial charge in [0, 0.05) is 16.6 Å². The van der Waals surface area contributed by atoms with E-state index < -0.39 is 0 Å². The number of piperidine rings is 1. The maximum Gasteiger partial charge on any atom is 0.241 e. The molecule has 3 aromatic rings. The third-order valence-electron chi connectivity index (χ3n) is 5.46. The van der Waals surface area contributed by atoms with Crippen LogP contribution in [0, 0.1) is 5.92 Å². The molecule has 2 heterocycles. The lowest BCUT2D eigenvalue weighted by Gasteiger charge is -2.31. The van der Waals surface area contributed by atoms with Crippen molar-refractivity contribution < 1.29 is 9.32 Å². The first-order valence-corrected chi connectivity index (χ1v) is 11.0. The van der Waals surface area contributed by atoms with Gasteiger partial charge < -0.3 is 9.84 Å². The molecule has 2 aromatic carbocycles. The molecule has 2 atom stereocenters. The second kappa shape index (κ2) is 9.53. The van der Waals surface area contributed by atoms with Crippen LogP contribution in [-0.4, -0.2) is 34.0 Å². The minimum Gasteiger partial charge on any atom is -0.349 e. The van der Waals surface area contributed by atoms with Gasteiger partial charge >= 0.3 is 0 Å². The number of amides is 1. The van der Waals surface area contributed by atoms with E-state index in [0.29, 0.717) is 24.8 Å². The van der Waals surface area contributed by atoms with Crippen LogP contribution < -0.4 is 5.32 Å². The first kappa shape index (κ1) is 20.8. The second-order valence-electron chi connectivity index (χ2n) is 7.73. The lowest BCUT2D eigenvalue weighted by atomic mass is 9.96. The number of carbonyl (C=O) groups is 1. The highest BCUT2D eigenvalue weighted by Crippen LogP contribution is 2.22. The summed E-state index contributed by atoms with van der Waals surface area (Å²) in [4.78, 5) is 19.6. The molecule has 1 aliphatic heterocycles. The average molecular weight is 469 g/mol. The van der Waals surface area contributed by atoms with Crippen molar-refractivity contribution in [2.24, 2.45) is 5.92 Å². The molecule has 0 saturated carbocycles. The highest BCUT2D eigenvalue weighted by molar-refractivity contribution is 9.10. The second-order valence-corrected chi connectivity index (χ2v) is 8.65. The standard InChI is InChI=1S/C23H25BrN4O2/c1-16(17-6-3-2-4-7-17)25-23(29)19-8-5-13-28(14-19)15-21-26-22(27-30-21)18-9-11-20(24)12-10-18/h2-4,6-7,9-12,16,19H,5,8,13-15H2,1H3,(H,25,29). The van der Waals surface area contributed by atoms with Crippen molar-refractivity contribution in [2.75, 3.05) is 13.1 Å². The molecular weight excluding hydrogens is 444 g/mol. The number of hydrogen-bond donors (Lipinski definition) is 1. The van der Waals surface area contributed by atoms with E-state index in [2.05, 4.69) is 36.3 Å². The van der Waals surface area contributed by atoms with Gasteiger partial charge in [-0.3, -0.25) is 9.69 Å². The van der Waals surface area contributed by atoms with E-state index in [1.165, 1.54) is 0 Å². The highest BCUT2D eigenvalue weighted by atomic mass is 79.9. The Bertz CT molecular complexity index is 974. The van der Waals surface area contributed by atoms with Crippen molar-refractivity contribution in [3.63, 3.8) is 0 Å². The average Bonchev–Trinajstić information content (AvgIpc) is 3.23. The van der Waals surface area contributed by atoms with Gasteiger partial charge in [0.05, 0.1) is 18.5 Å². The Kier molecular flexibility index (Phi) is 6.59. The van der Waals surface area contributed by atoms with Crippen LogP contribution >= 0.6 is 15.9 Å². The molecule has 1 amide bonds. The smallest absolute Gasteiger partial charge is 0.241 e. The Balaban J connectivity index is 1.34. The number of likely N-dealkylation sites (tertiary alicyclic amines) is 1. The molecule has 30 heavy (non-hydrogen) atoms. The van der Waals surface area contributed by atoms with Gasteiger partial charge in [-0.05, 0) is 56.1 Å². The Hall–Kier alpha value is -2.51. The van der Waals surface area contributed by atoms with E-state index in [-0.39, 0.29) is 17.9 Å². The fourth-order valence-electron chi connectivity index (χ4n) is 3.80. The van der Waals surface area contributed by atoms with Crippen LogP contribution in [0.4, 0.5) is 0 Å². The lowest BCUT2D eigenvalue weighted by Crippen LogP contribution is -2.43. The summed E-state index contributed by atoms with van der Waals surface area (Å²) in [5, 5.41) is 7.26. The highest BCUT2D eigenvalue weighted by Gasteiger charge is 2.27. The van der Waals surface area contributed by atoms with Gasteiger partial charge in [0.15, 0.2) is 0 Å². The molecule has 1 aliphatic rings. The minimum atomic E-state index is -0.0289. The lowest BCUT2D eigenvalue weighted by molar-refractivity contribution is -0.127. The molecule has 2 unspecified atom stereocenters. The normalized spacial score (nSPS) is 18.1. The summed E-state index contributed by atoms with van der Waals surface area (Å²) in [6.07, 6.45) is 1.88. The van der Waals surface area contributed by atoms with Crippen molar-refractivity contribution in [1.29, 1.82) is 0 Å². The Morgan fingerprint density at radius 1 is 1.23 bits per heavy atom. The largest absolute Gasteiger partial charge is 0.349 e. The molecule has 7 heteroatoms. The van der Waals surface area contributed by atoms with Crippen LogP contribution in [0.5, 0.6) is 0 Å². The molecule has 0 aliphatic carbocycles. The summed E-state index contributed by atoms with van der Waals surface area (Å²) in [6, 6.07) is 17.9. The zero-order valence-corrected chi connectivity index (χ0v) is 18.5. The van der Waals surface area contributed by atoms with Crippen molar-refractivity contribution in [2.45, 2.75) is 32.4 Å². The van der Waals surface area contributed by atoms with Crippen LogP contribution in [-0.2, 0) is 11.3 Å². The first-order chi connectivity index (χ1) is 14.6. The predicted octanol–water partition coefficient (Wildman–Crippen LogP) is 4.59. The summed E-state index contributed by atoms with van der Waals surface area (Å²) < 4.78 is 6.46. The monoisotopic (exact) mass is 468 g/mol. The molecule has 1 saturated heterocycles. The van der Waals surface area contributed by atoms with E-state index >= 15 is 0 Å². The minimum absolute atomic E-state index is 0.00140. The van der Waals surface area contributed by atoms with Gasteiger partial charge in [-0.2, -0.15) is 4.98 Å². The molecule has 4 rings (SSSR count). The quantitative estimate of drug-likeness (QED) is 0.572. The number of hydrogen-bond acceptors (Lipinski definition) is 5. The number of nitrogens with one attached hydrogen (secondary N) is 1. The van der Waals surface area contributed by atoms with Crippen LogP contribution in [0.1, 0.15) is 37.3 Å². The molecule has 0 radical (unpaired) electrons. The predicted molar refractivity (Wildman–Crippen MR) is 118 cm³/mol. The summed E-state index contributed by atoms with van der Waals surface area (Å²) in [6.45, 7) is 4.20. The van der Waals surface area contributed by atoms with E-state index in [1.807, 2.05) is 61.5 Å². The number of nitrogens with zero attached hydrogens (tertiary/aromatic N) is 3. The summed E-state index contributed by atoms with van der Waals surface area (Å²) >= 11 is 3.43. The van der Waals surface area contributed by atoms with Gasteiger partial charge in [-0.25, -0.2) is 0 Å². The van der Waals surface area contributed by atoms with Crippen molar-refractivity contribution in [1.82, 2.24) is 20.4 Å². The van der Waals surface area contributed by atoms with Gasteiger partial charge in [0.2, 0.25) is 17.6 Å². The number of benzene rings is 2. The molecule has 1 fully saturated rings. The van der Waals surface area contributed by atoms with Gasteiger partial charge in [-0.1, -0.05) is 51.4 Å². The SMILES string of the molecule is CC(NC(=O)C1CCCN(Cc2nc(-c3ccc(Br)cc3)no2)C1)c1ccccc1. The van der Waals surface area contributed by atoms with Crippen molar-refractivity contribution in [3.05, 3.63) is 70.5 Å². The molecule has 6 nitrogen and oxygen atoms in total. The number of carbonyl (C=O) groups excluding carboxylic acids is 1. The maximum atomic E-state index is 12.8. The third-order valence-corrected chi connectivity index (χ3v) is 5.99. The Morgan fingerprint density at radius 3 is 2.77 bits per heavy atom. The van der Waals surface area contributed by atoms with Gasteiger partial charge in [0.25, 0.3) is 0 Å². The number of halogens is 1. The van der Waals surface area contributed by atoms with Crippen LogP contribution in [0.15, 0.2) is 63.6 Å². The zero-order valence-electron chi connectivity index (χ0n) is 16.9. The zero-order chi connectivity index (χ0) is 20.9. The number of rotatable bonds is 6. The molecule has 1 N–H and O–H groups in total. The fraction of sp³-hybridized carbons (Fsp3) is 0.348. The van der Waals surface area contributed by atoms with Crippen LogP contribution in [0.25, 0.3) is 11.4 Å². The van der Waals surface area contributed by atoms with Crippen molar-refractivity contribution in [3.8, 4) is 11.4 Å². The maximum absolute atomic E-state index is 12.8. The fourth-order valence-corrected chi connectivity index (χ4v) is 4.06. The summed E-state index contributed by atoms with van der Waals surface area (Å²) in [5.74, 6) is 1.24.